The van der Waals surface area contributed by atoms with Crippen molar-refractivity contribution in [2.75, 3.05) is 13.6 Å². The molecule has 2 aliphatic rings. The molecule has 2 saturated heterocycles. The molecule has 0 spiro atoms. The highest BCUT2D eigenvalue weighted by atomic mass is 35.5. The first-order valence-corrected chi connectivity index (χ1v) is 5.84. The van der Waals surface area contributed by atoms with E-state index in [1.54, 1.807) is 0 Å². The maximum atomic E-state index is 5.89. The molecule has 2 rings (SSSR count). The van der Waals surface area contributed by atoms with Crippen LogP contribution in [0, 0.1) is 0 Å². The quantitative estimate of drug-likeness (QED) is 0.773. The van der Waals surface area contributed by atoms with Gasteiger partial charge in [-0.25, -0.2) is 0 Å². The number of hydrogen-bond donors (Lipinski definition) is 1. The van der Waals surface area contributed by atoms with Crippen LogP contribution >= 0.6 is 11.6 Å². The van der Waals surface area contributed by atoms with E-state index in [0.29, 0.717) is 6.04 Å². The first-order chi connectivity index (χ1) is 6.70. The van der Waals surface area contributed by atoms with Gasteiger partial charge in [0.1, 0.15) is 0 Å². The second kappa shape index (κ2) is 4.21. The smallest absolute Gasteiger partial charge is 0.0341 e. The minimum atomic E-state index is 0.715. The number of fused-ring (bicyclic) bond motifs is 2. The number of halogens is 1. The maximum Gasteiger partial charge on any atom is 0.0341 e. The van der Waals surface area contributed by atoms with Crippen molar-refractivity contribution < 1.29 is 0 Å². The summed E-state index contributed by atoms with van der Waals surface area (Å²) < 4.78 is 0. The van der Waals surface area contributed by atoms with Crippen LogP contribution in [0.5, 0.6) is 0 Å². The Bertz CT molecular complexity index is 215. The summed E-state index contributed by atoms with van der Waals surface area (Å²) in [6.45, 7) is 4.68. The summed E-state index contributed by atoms with van der Waals surface area (Å²) in [6, 6.07) is 2.19. The van der Waals surface area contributed by atoms with Crippen molar-refractivity contribution in [2.45, 2.75) is 43.8 Å². The average Bonchev–Trinajstić information content (AvgIpc) is 2.38. The topological polar surface area (TPSA) is 15.3 Å². The van der Waals surface area contributed by atoms with Gasteiger partial charge in [-0.05, 0) is 32.7 Å². The van der Waals surface area contributed by atoms with Crippen LogP contribution in [0.25, 0.3) is 0 Å². The van der Waals surface area contributed by atoms with Crippen molar-refractivity contribution in [3.63, 3.8) is 0 Å². The molecule has 14 heavy (non-hydrogen) atoms. The fourth-order valence-electron chi connectivity index (χ4n) is 2.97. The molecule has 2 aliphatic heterocycles. The minimum absolute atomic E-state index is 0.715. The van der Waals surface area contributed by atoms with Crippen molar-refractivity contribution in [3.05, 3.63) is 11.6 Å². The molecule has 2 nitrogen and oxygen atoms in total. The SMILES string of the molecule is C=C(Cl)CN1C2CCC1CC(NC)C2. The van der Waals surface area contributed by atoms with Gasteiger partial charge in [-0.3, -0.25) is 4.90 Å². The highest BCUT2D eigenvalue weighted by Crippen LogP contribution is 2.36. The lowest BCUT2D eigenvalue weighted by molar-refractivity contribution is 0.133. The zero-order valence-electron chi connectivity index (χ0n) is 8.80. The van der Waals surface area contributed by atoms with E-state index in [1.165, 1.54) is 25.7 Å². The normalized spacial score (nSPS) is 37.4. The molecule has 3 heteroatoms. The third-order valence-electron chi connectivity index (χ3n) is 3.65. The molecule has 0 aromatic rings. The van der Waals surface area contributed by atoms with Crippen LogP contribution in [0.4, 0.5) is 0 Å². The van der Waals surface area contributed by atoms with E-state index in [-0.39, 0.29) is 0 Å². The van der Waals surface area contributed by atoms with Gasteiger partial charge in [0, 0.05) is 29.7 Å². The summed E-state index contributed by atoms with van der Waals surface area (Å²) in [5, 5.41) is 4.18. The van der Waals surface area contributed by atoms with E-state index in [1.807, 2.05) is 0 Å². The van der Waals surface area contributed by atoms with Gasteiger partial charge in [-0.15, -0.1) is 0 Å². The summed E-state index contributed by atoms with van der Waals surface area (Å²) >= 11 is 5.89. The molecule has 0 saturated carbocycles. The van der Waals surface area contributed by atoms with Gasteiger partial charge in [-0.1, -0.05) is 18.2 Å². The molecule has 2 heterocycles. The van der Waals surface area contributed by atoms with E-state index in [0.717, 1.165) is 23.7 Å². The highest BCUT2D eigenvalue weighted by Gasteiger charge is 2.39. The lowest BCUT2D eigenvalue weighted by atomic mass is 9.97. The van der Waals surface area contributed by atoms with Gasteiger partial charge in [0.15, 0.2) is 0 Å². The Kier molecular flexibility index (Phi) is 3.15. The number of rotatable bonds is 3. The monoisotopic (exact) mass is 214 g/mol. The largest absolute Gasteiger partial charge is 0.317 e. The average molecular weight is 215 g/mol. The van der Waals surface area contributed by atoms with Gasteiger partial charge in [0.25, 0.3) is 0 Å². The second-order valence-electron chi connectivity index (χ2n) is 4.53. The van der Waals surface area contributed by atoms with Crippen LogP contribution < -0.4 is 5.32 Å². The van der Waals surface area contributed by atoms with Gasteiger partial charge in [0.05, 0.1) is 0 Å². The fourth-order valence-corrected chi connectivity index (χ4v) is 3.10. The maximum absolute atomic E-state index is 5.89. The molecule has 0 aromatic carbocycles. The summed E-state index contributed by atoms with van der Waals surface area (Å²) in [6.07, 6.45) is 5.23. The molecular formula is C11H19ClN2. The van der Waals surface area contributed by atoms with E-state index in [4.69, 9.17) is 11.6 Å². The van der Waals surface area contributed by atoms with Crippen molar-refractivity contribution in [3.8, 4) is 0 Å². The molecular weight excluding hydrogens is 196 g/mol. The Morgan fingerprint density at radius 2 is 2.00 bits per heavy atom. The van der Waals surface area contributed by atoms with Gasteiger partial charge in [0.2, 0.25) is 0 Å². The molecule has 1 N–H and O–H groups in total. The minimum Gasteiger partial charge on any atom is -0.317 e. The molecule has 0 aliphatic carbocycles. The molecule has 0 radical (unpaired) electrons. The standard InChI is InChI=1S/C11H19ClN2/c1-8(12)7-14-10-3-4-11(14)6-9(5-10)13-2/h9-11,13H,1,3-7H2,2H3. The number of nitrogens with zero attached hydrogens (tertiary/aromatic N) is 1. The molecule has 2 bridgehead atoms. The first-order valence-electron chi connectivity index (χ1n) is 5.47. The van der Waals surface area contributed by atoms with Crippen LogP contribution in [0.2, 0.25) is 0 Å². The highest BCUT2D eigenvalue weighted by molar-refractivity contribution is 6.29. The van der Waals surface area contributed by atoms with Crippen molar-refractivity contribution in [1.29, 1.82) is 0 Å². The Balaban J connectivity index is 1.99. The summed E-state index contributed by atoms with van der Waals surface area (Å²) in [5.41, 5.74) is 0. The van der Waals surface area contributed by atoms with E-state index < -0.39 is 0 Å². The van der Waals surface area contributed by atoms with E-state index >= 15 is 0 Å². The Morgan fingerprint density at radius 3 is 2.43 bits per heavy atom. The van der Waals surface area contributed by atoms with Gasteiger partial charge in [-0.2, -0.15) is 0 Å². The third kappa shape index (κ3) is 1.97. The number of hydrogen-bond acceptors (Lipinski definition) is 2. The summed E-state index contributed by atoms with van der Waals surface area (Å²) in [5.74, 6) is 0. The van der Waals surface area contributed by atoms with Crippen LogP contribution in [0.3, 0.4) is 0 Å². The second-order valence-corrected chi connectivity index (χ2v) is 5.07. The van der Waals surface area contributed by atoms with Crippen molar-refractivity contribution in [2.24, 2.45) is 0 Å². The van der Waals surface area contributed by atoms with Gasteiger partial charge >= 0.3 is 0 Å². The third-order valence-corrected chi connectivity index (χ3v) is 3.77. The molecule has 80 valence electrons. The molecule has 2 fully saturated rings. The van der Waals surface area contributed by atoms with Gasteiger partial charge < -0.3 is 5.32 Å². The lowest BCUT2D eigenvalue weighted by Crippen LogP contribution is -2.48. The van der Waals surface area contributed by atoms with Crippen LogP contribution in [-0.2, 0) is 0 Å². The Morgan fingerprint density at radius 1 is 1.43 bits per heavy atom. The zero-order chi connectivity index (χ0) is 10.1. The molecule has 2 atom stereocenters. The predicted octanol–water partition coefficient (Wildman–Crippen LogP) is 1.95. The number of nitrogens with one attached hydrogen (secondary N) is 1. The number of piperidine rings is 1. The van der Waals surface area contributed by atoms with Crippen LogP contribution in [0.1, 0.15) is 25.7 Å². The summed E-state index contributed by atoms with van der Waals surface area (Å²) in [4.78, 5) is 2.54. The Hall–Kier alpha value is -0.0500. The lowest BCUT2D eigenvalue weighted by Gasteiger charge is -2.38. The first kappa shape index (κ1) is 10.5. The van der Waals surface area contributed by atoms with Crippen LogP contribution in [0.15, 0.2) is 11.6 Å². The summed E-state index contributed by atoms with van der Waals surface area (Å²) in [7, 11) is 2.07. The van der Waals surface area contributed by atoms with Crippen LogP contribution in [-0.4, -0.2) is 36.6 Å². The zero-order valence-corrected chi connectivity index (χ0v) is 9.56. The fraction of sp³-hybridized carbons (Fsp3) is 0.818. The molecule has 0 amide bonds. The predicted molar refractivity (Wildman–Crippen MR) is 60.6 cm³/mol. The van der Waals surface area contributed by atoms with E-state index in [2.05, 4.69) is 23.8 Å². The molecule has 2 unspecified atom stereocenters. The van der Waals surface area contributed by atoms with E-state index in [9.17, 15) is 0 Å². The molecule has 0 aromatic heterocycles. The Labute approximate surface area is 91.3 Å². The van der Waals surface area contributed by atoms with Crippen molar-refractivity contribution in [1.82, 2.24) is 10.2 Å². The van der Waals surface area contributed by atoms with Crippen molar-refractivity contribution >= 4 is 11.6 Å².